The van der Waals surface area contributed by atoms with Gasteiger partial charge in [-0.1, -0.05) is 110 Å². The molecule has 0 spiro atoms. The normalized spacial score (nSPS) is 16.7. The Kier molecular flexibility index (Phi) is 22.1. The summed E-state index contributed by atoms with van der Waals surface area (Å²) < 4.78 is 23.1. The van der Waals surface area contributed by atoms with E-state index in [1.165, 1.54) is 116 Å². The fraction of sp³-hybridized carbons (Fsp3) is 1.00. The second-order valence-corrected chi connectivity index (χ2v) is 12.6. The van der Waals surface area contributed by atoms with Crippen molar-refractivity contribution in [2.24, 2.45) is 0 Å². The molecule has 1 aliphatic carbocycles. The molecule has 1 saturated carbocycles. The maximum absolute atomic E-state index is 12.0. The van der Waals surface area contributed by atoms with Gasteiger partial charge in [-0.25, -0.2) is 0 Å². The van der Waals surface area contributed by atoms with Crippen LogP contribution in [-0.2, 0) is 13.6 Å². The summed E-state index contributed by atoms with van der Waals surface area (Å²) in [5.41, 5.74) is 0. The molecule has 1 rings (SSSR count). The van der Waals surface area contributed by atoms with Gasteiger partial charge in [-0.3, -0.25) is 4.57 Å². The summed E-state index contributed by atoms with van der Waals surface area (Å²) in [6.45, 7) is 3.44. The van der Waals surface area contributed by atoms with Crippen LogP contribution in [0.25, 0.3) is 0 Å². The Labute approximate surface area is 218 Å². The molecule has 0 aromatic heterocycles. The Hall–Kier alpha value is 0.0300. The van der Waals surface area contributed by atoms with Gasteiger partial charge >= 0.3 is 0 Å². The lowest BCUT2D eigenvalue weighted by atomic mass is 9.93. The van der Waals surface area contributed by atoms with Crippen LogP contribution in [0.2, 0.25) is 0 Å². The zero-order valence-corrected chi connectivity index (χ0v) is 24.5. The second kappa shape index (κ2) is 22.1. The maximum atomic E-state index is 12.0. The number of hydrogen-bond donors (Lipinski definition) is 0. The van der Waals surface area contributed by atoms with Crippen molar-refractivity contribution < 1.29 is 28.5 Å². The predicted octanol–water partition coefficient (Wildman–Crippen LogP) is 7.33. The number of unbranched alkanes of at least 4 members (excludes halogenated alkanes) is 15. The van der Waals surface area contributed by atoms with E-state index in [9.17, 15) is 9.46 Å². The molecule has 0 amide bonds. The van der Waals surface area contributed by atoms with Gasteiger partial charge in [0.2, 0.25) is 0 Å². The van der Waals surface area contributed by atoms with Crippen LogP contribution < -0.4 is 4.89 Å². The zero-order valence-electron chi connectivity index (χ0n) is 23.6. The highest BCUT2D eigenvalue weighted by molar-refractivity contribution is 7.45. The van der Waals surface area contributed by atoms with E-state index in [2.05, 4.69) is 21.0 Å². The van der Waals surface area contributed by atoms with E-state index in [0.29, 0.717) is 12.6 Å². The van der Waals surface area contributed by atoms with Crippen molar-refractivity contribution in [3.8, 4) is 0 Å². The Morgan fingerprint density at radius 3 is 1.54 bits per heavy atom. The molecule has 1 atom stereocenters. The third-order valence-electron chi connectivity index (χ3n) is 7.73. The minimum Gasteiger partial charge on any atom is -0.756 e. The first kappa shape index (κ1) is 35.0. The molecule has 0 aromatic carbocycles. The fourth-order valence-electron chi connectivity index (χ4n) is 5.21. The van der Waals surface area contributed by atoms with Gasteiger partial charge < -0.3 is 23.9 Å². The summed E-state index contributed by atoms with van der Waals surface area (Å²) in [5.74, 6) is 0. The molecule has 35 heavy (non-hydrogen) atoms. The van der Waals surface area contributed by atoms with Gasteiger partial charge in [0.05, 0.1) is 26.7 Å². The molecule has 2 N–H and O–H groups in total. The highest BCUT2D eigenvalue weighted by Crippen LogP contribution is 2.38. The monoisotopic (exact) mass is 521 g/mol. The molecule has 0 heterocycles. The first-order valence-electron chi connectivity index (χ1n) is 14.8. The second-order valence-electron chi connectivity index (χ2n) is 11.2. The van der Waals surface area contributed by atoms with Gasteiger partial charge in [0.15, 0.2) is 0 Å². The van der Waals surface area contributed by atoms with Crippen molar-refractivity contribution in [1.29, 1.82) is 0 Å². The Balaban J connectivity index is 0.0000116. The van der Waals surface area contributed by atoms with Gasteiger partial charge in [0.1, 0.15) is 13.2 Å². The standard InChI is InChI=1S/C28H58NO4P.H2O/c1-4-5-6-7-8-9-10-11-12-13-14-15-16-17-18-22-26-32-34(30,31)33-27-25-29(2,3)28-23-20-19-21-24-28;/h28H,4-27H2,1-3H3;1H2. The molecule has 0 radical (unpaired) electrons. The summed E-state index contributed by atoms with van der Waals surface area (Å²) in [6.07, 6.45) is 27.3. The van der Waals surface area contributed by atoms with Crippen molar-refractivity contribution in [2.45, 2.75) is 148 Å². The molecule has 1 aliphatic rings. The smallest absolute Gasteiger partial charge is 0.268 e. The molecular formula is C28H60NO5P. The van der Waals surface area contributed by atoms with E-state index >= 15 is 0 Å². The molecule has 0 bridgehead atoms. The van der Waals surface area contributed by atoms with E-state index in [0.717, 1.165) is 23.7 Å². The molecule has 6 nitrogen and oxygen atoms in total. The van der Waals surface area contributed by atoms with Gasteiger partial charge in [0, 0.05) is 0 Å². The molecule has 0 aliphatic heterocycles. The molecule has 212 valence electrons. The van der Waals surface area contributed by atoms with Crippen molar-refractivity contribution >= 4 is 7.82 Å². The van der Waals surface area contributed by atoms with E-state index in [-0.39, 0.29) is 18.7 Å². The number of phosphoric acid groups is 1. The van der Waals surface area contributed by atoms with Gasteiger partial charge in [-0.2, -0.15) is 0 Å². The Morgan fingerprint density at radius 2 is 1.09 bits per heavy atom. The SMILES string of the molecule is CCCCCCCCCCCCCCCCCCOP(=O)([O-])OCC[N+](C)(C)C1CCCCC1.O. The van der Waals surface area contributed by atoms with Crippen LogP contribution in [0, 0.1) is 0 Å². The average molecular weight is 522 g/mol. The topological polar surface area (TPSA) is 90.1 Å². The number of nitrogens with zero attached hydrogens (tertiary/aromatic N) is 1. The summed E-state index contributed by atoms with van der Waals surface area (Å²) in [7, 11) is 0.205. The van der Waals surface area contributed by atoms with Crippen molar-refractivity contribution in [1.82, 2.24) is 0 Å². The van der Waals surface area contributed by atoms with Crippen molar-refractivity contribution in [3.05, 3.63) is 0 Å². The largest absolute Gasteiger partial charge is 0.756 e. The van der Waals surface area contributed by atoms with Crippen molar-refractivity contribution in [2.75, 3.05) is 33.9 Å². The number of hydrogen-bond acceptors (Lipinski definition) is 4. The van der Waals surface area contributed by atoms with Crippen LogP contribution in [-0.4, -0.2) is 49.9 Å². The molecular weight excluding hydrogens is 461 g/mol. The predicted molar refractivity (Wildman–Crippen MR) is 147 cm³/mol. The Bertz CT molecular complexity index is 512. The van der Waals surface area contributed by atoms with Crippen LogP contribution >= 0.6 is 7.82 Å². The van der Waals surface area contributed by atoms with Crippen LogP contribution in [0.4, 0.5) is 0 Å². The van der Waals surface area contributed by atoms with Crippen LogP contribution in [0.15, 0.2) is 0 Å². The summed E-state index contributed by atoms with van der Waals surface area (Å²) in [4.78, 5) is 12.0. The fourth-order valence-corrected chi connectivity index (χ4v) is 5.95. The van der Waals surface area contributed by atoms with E-state index < -0.39 is 7.82 Å². The number of phosphoric ester groups is 1. The summed E-state index contributed by atoms with van der Waals surface area (Å²) in [6, 6.07) is 0.620. The Morgan fingerprint density at radius 1 is 0.686 bits per heavy atom. The van der Waals surface area contributed by atoms with Crippen molar-refractivity contribution in [3.63, 3.8) is 0 Å². The van der Waals surface area contributed by atoms with E-state index in [4.69, 9.17) is 9.05 Å². The molecule has 0 saturated heterocycles. The minimum atomic E-state index is -4.17. The maximum Gasteiger partial charge on any atom is 0.268 e. The summed E-state index contributed by atoms with van der Waals surface area (Å²) in [5, 5.41) is 0. The van der Waals surface area contributed by atoms with Gasteiger partial charge in [-0.15, -0.1) is 0 Å². The van der Waals surface area contributed by atoms with E-state index in [1.807, 2.05) is 0 Å². The van der Waals surface area contributed by atoms with Crippen LogP contribution in [0.5, 0.6) is 0 Å². The minimum absolute atomic E-state index is 0. The van der Waals surface area contributed by atoms with Crippen LogP contribution in [0.3, 0.4) is 0 Å². The highest BCUT2D eigenvalue weighted by atomic mass is 31.2. The number of rotatable bonds is 23. The average Bonchev–Trinajstić information content (AvgIpc) is 2.81. The lowest BCUT2D eigenvalue weighted by Crippen LogP contribution is -2.51. The molecule has 7 heteroatoms. The third kappa shape index (κ3) is 19.8. The lowest BCUT2D eigenvalue weighted by molar-refractivity contribution is -0.916. The highest BCUT2D eigenvalue weighted by Gasteiger charge is 2.29. The molecule has 1 fully saturated rings. The first-order chi connectivity index (χ1) is 16.4. The number of quaternary nitrogens is 1. The summed E-state index contributed by atoms with van der Waals surface area (Å²) >= 11 is 0. The molecule has 1 unspecified atom stereocenters. The zero-order chi connectivity index (χ0) is 25.0. The quantitative estimate of drug-likeness (QED) is 0.0799. The number of likely N-dealkylation sites (N-methyl/N-ethyl adjacent to an activating group) is 1. The lowest BCUT2D eigenvalue weighted by Gasteiger charge is -2.40. The van der Waals surface area contributed by atoms with E-state index in [1.54, 1.807) is 0 Å². The third-order valence-corrected chi connectivity index (χ3v) is 8.73. The first-order valence-corrected chi connectivity index (χ1v) is 16.3. The van der Waals surface area contributed by atoms with Crippen LogP contribution in [0.1, 0.15) is 142 Å². The molecule has 0 aromatic rings. The van der Waals surface area contributed by atoms with Gasteiger partial charge in [0.25, 0.3) is 7.82 Å². The van der Waals surface area contributed by atoms with Gasteiger partial charge in [-0.05, 0) is 32.1 Å².